The highest BCUT2D eigenvalue weighted by molar-refractivity contribution is 6.02. The number of hydrogen-bond donors (Lipinski definition) is 2. The molecule has 0 aliphatic rings. The number of carbonyl (C=O) groups is 1. The van der Waals surface area contributed by atoms with Crippen LogP contribution in [-0.4, -0.2) is 10.9 Å². The molecule has 1 amide bonds. The fraction of sp³-hybridized carbons (Fsp3) is 0.100. The molecule has 6 heteroatoms. The van der Waals surface area contributed by atoms with Gasteiger partial charge in [0.15, 0.2) is 0 Å². The first-order valence-corrected chi connectivity index (χ1v) is 8.13. The Bertz CT molecular complexity index is 909. The van der Waals surface area contributed by atoms with Crippen molar-refractivity contribution in [2.24, 2.45) is 0 Å². The van der Waals surface area contributed by atoms with Crippen molar-refractivity contribution < 1.29 is 13.6 Å². The van der Waals surface area contributed by atoms with Gasteiger partial charge in [0, 0.05) is 11.8 Å². The average Bonchev–Trinajstić information content (AvgIpc) is 2.65. The number of aryl methyl sites for hydroxylation is 1. The second-order valence-electron chi connectivity index (χ2n) is 5.69. The van der Waals surface area contributed by atoms with Crippen LogP contribution in [0, 0.1) is 11.6 Å². The van der Waals surface area contributed by atoms with Crippen LogP contribution in [-0.2, 0) is 6.42 Å². The van der Waals surface area contributed by atoms with E-state index >= 15 is 0 Å². The van der Waals surface area contributed by atoms with Crippen molar-refractivity contribution in [3.63, 3.8) is 0 Å². The van der Waals surface area contributed by atoms with Crippen molar-refractivity contribution in [2.75, 3.05) is 10.6 Å². The Hall–Kier alpha value is -3.28. The lowest BCUT2D eigenvalue weighted by molar-refractivity contribution is 0.102. The number of halogens is 2. The van der Waals surface area contributed by atoms with Crippen molar-refractivity contribution in [1.29, 1.82) is 0 Å². The standard InChI is InChI=1S/C20H17F2N3O/c1-2-13-3-6-15(7-4-13)25-20(26)19-10-8-16(12-23-19)24-18-9-5-14(21)11-17(18)22/h3-12,24H,2H2,1H3,(H,25,26). The summed E-state index contributed by atoms with van der Waals surface area (Å²) in [6, 6.07) is 14.0. The predicted octanol–water partition coefficient (Wildman–Crippen LogP) is 4.92. The lowest BCUT2D eigenvalue weighted by Gasteiger charge is -2.09. The number of pyridine rings is 1. The first-order valence-electron chi connectivity index (χ1n) is 8.13. The minimum atomic E-state index is -0.706. The summed E-state index contributed by atoms with van der Waals surface area (Å²) in [4.78, 5) is 16.3. The molecular weight excluding hydrogens is 336 g/mol. The van der Waals surface area contributed by atoms with Gasteiger partial charge in [-0.05, 0) is 48.4 Å². The average molecular weight is 353 g/mol. The van der Waals surface area contributed by atoms with Crippen LogP contribution >= 0.6 is 0 Å². The second-order valence-corrected chi connectivity index (χ2v) is 5.69. The minimum Gasteiger partial charge on any atom is -0.352 e. The number of carbonyl (C=O) groups excluding carboxylic acids is 1. The maximum absolute atomic E-state index is 13.7. The van der Waals surface area contributed by atoms with E-state index in [9.17, 15) is 13.6 Å². The third-order valence-electron chi connectivity index (χ3n) is 3.83. The zero-order valence-corrected chi connectivity index (χ0v) is 14.1. The molecule has 0 atom stereocenters. The molecular formula is C20H17F2N3O. The summed E-state index contributed by atoms with van der Waals surface area (Å²) in [5.41, 5.74) is 2.71. The van der Waals surface area contributed by atoms with Gasteiger partial charge in [-0.3, -0.25) is 4.79 Å². The molecule has 2 aromatic carbocycles. The number of hydrogen-bond acceptors (Lipinski definition) is 3. The van der Waals surface area contributed by atoms with Gasteiger partial charge in [0.2, 0.25) is 0 Å². The Kier molecular flexibility index (Phi) is 5.22. The summed E-state index contributed by atoms with van der Waals surface area (Å²) in [6.45, 7) is 2.06. The van der Waals surface area contributed by atoms with Gasteiger partial charge in [-0.15, -0.1) is 0 Å². The molecule has 0 fully saturated rings. The van der Waals surface area contributed by atoms with Gasteiger partial charge < -0.3 is 10.6 Å². The Morgan fingerprint density at radius 1 is 1.00 bits per heavy atom. The van der Waals surface area contributed by atoms with Crippen molar-refractivity contribution in [1.82, 2.24) is 4.98 Å². The summed E-state index contributed by atoms with van der Waals surface area (Å²) in [5, 5.41) is 5.56. The summed E-state index contributed by atoms with van der Waals surface area (Å²) in [5.74, 6) is -1.69. The summed E-state index contributed by atoms with van der Waals surface area (Å²) < 4.78 is 26.6. The van der Waals surface area contributed by atoms with Crippen molar-refractivity contribution in [2.45, 2.75) is 13.3 Å². The maximum Gasteiger partial charge on any atom is 0.274 e. The maximum atomic E-state index is 13.7. The van der Waals surface area contributed by atoms with Crippen LogP contribution in [0.5, 0.6) is 0 Å². The molecule has 3 rings (SSSR count). The van der Waals surface area contributed by atoms with Crippen LogP contribution in [0.3, 0.4) is 0 Å². The fourth-order valence-electron chi connectivity index (χ4n) is 2.37. The van der Waals surface area contributed by atoms with Gasteiger partial charge in [0.1, 0.15) is 17.3 Å². The van der Waals surface area contributed by atoms with Gasteiger partial charge in [-0.2, -0.15) is 0 Å². The third-order valence-corrected chi connectivity index (χ3v) is 3.83. The molecule has 26 heavy (non-hydrogen) atoms. The SMILES string of the molecule is CCc1ccc(NC(=O)c2ccc(Nc3ccc(F)cc3F)cn2)cc1. The molecule has 0 spiro atoms. The molecule has 3 aromatic rings. The van der Waals surface area contributed by atoms with Gasteiger partial charge in [0.05, 0.1) is 17.6 Å². The molecule has 0 aliphatic carbocycles. The summed E-state index contributed by atoms with van der Waals surface area (Å²) in [7, 11) is 0. The topological polar surface area (TPSA) is 54.0 Å². The van der Waals surface area contributed by atoms with Gasteiger partial charge >= 0.3 is 0 Å². The van der Waals surface area contributed by atoms with Crippen molar-refractivity contribution in [3.8, 4) is 0 Å². The first kappa shape index (κ1) is 17.5. The molecule has 1 heterocycles. The van der Waals surface area contributed by atoms with Crippen LogP contribution < -0.4 is 10.6 Å². The quantitative estimate of drug-likeness (QED) is 0.685. The molecule has 0 radical (unpaired) electrons. The number of anilines is 3. The molecule has 0 aliphatic heterocycles. The normalized spacial score (nSPS) is 10.4. The number of amides is 1. The summed E-state index contributed by atoms with van der Waals surface area (Å²) >= 11 is 0. The first-order chi connectivity index (χ1) is 12.5. The van der Waals surface area contributed by atoms with E-state index in [0.29, 0.717) is 11.4 Å². The molecule has 1 aromatic heterocycles. The van der Waals surface area contributed by atoms with E-state index in [-0.39, 0.29) is 17.3 Å². The van der Waals surface area contributed by atoms with Gasteiger partial charge in [-0.1, -0.05) is 19.1 Å². The number of rotatable bonds is 5. The predicted molar refractivity (Wildman–Crippen MR) is 97.7 cm³/mol. The number of benzene rings is 2. The Morgan fingerprint density at radius 3 is 2.35 bits per heavy atom. The molecule has 2 N–H and O–H groups in total. The number of aromatic nitrogens is 1. The van der Waals surface area contributed by atoms with E-state index in [2.05, 4.69) is 22.5 Å². The monoisotopic (exact) mass is 353 g/mol. The van der Waals surface area contributed by atoms with Crippen LogP contribution in [0.1, 0.15) is 23.0 Å². The van der Waals surface area contributed by atoms with E-state index in [1.165, 1.54) is 23.9 Å². The zero-order chi connectivity index (χ0) is 18.5. The Morgan fingerprint density at radius 2 is 1.73 bits per heavy atom. The van der Waals surface area contributed by atoms with Gasteiger partial charge in [0.25, 0.3) is 5.91 Å². The molecule has 0 unspecified atom stereocenters. The number of nitrogens with one attached hydrogen (secondary N) is 2. The highest BCUT2D eigenvalue weighted by Crippen LogP contribution is 2.20. The molecule has 0 saturated heterocycles. The lowest BCUT2D eigenvalue weighted by atomic mass is 10.1. The fourth-order valence-corrected chi connectivity index (χ4v) is 2.37. The van der Waals surface area contributed by atoms with E-state index in [0.717, 1.165) is 18.6 Å². The van der Waals surface area contributed by atoms with Crippen LogP contribution in [0.15, 0.2) is 60.8 Å². The van der Waals surface area contributed by atoms with E-state index in [1.807, 2.05) is 24.3 Å². The largest absolute Gasteiger partial charge is 0.352 e. The van der Waals surface area contributed by atoms with Crippen molar-refractivity contribution in [3.05, 3.63) is 83.7 Å². The third kappa shape index (κ3) is 4.22. The van der Waals surface area contributed by atoms with Crippen LogP contribution in [0.25, 0.3) is 0 Å². The molecule has 132 valence electrons. The number of nitrogens with zero attached hydrogens (tertiary/aromatic N) is 1. The second kappa shape index (κ2) is 7.74. The van der Waals surface area contributed by atoms with Gasteiger partial charge in [-0.25, -0.2) is 13.8 Å². The smallest absolute Gasteiger partial charge is 0.274 e. The highest BCUT2D eigenvalue weighted by Gasteiger charge is 2.09. The van der Waals surface area contributed by atoms with E-state index in [1.54, 1.807) is 6.07 Å². The van der Waals surface area contributed by atoms with Crippen LogP contribution in [0.2, 0.25) is 0 Å². The van der Waals surface area contributed by atoms with E-state index in [4.69, 9.17) is 0 Å². The molecule has 0 bridgehead atoms. The molecule has 0 saturated carbocycles. The highest BCUT2D eigenvalue weighted by atomic mass is 19.1. The minimum absolute atomic E-state index is 0.126. The summed E-state index contributed by atoms with van der Waals surface area (Å²) in [6.07, 6.45) is 2.34. The lowest BCUT2D eigenvalue weighted by Crippen LogP contribution is -2.13. The Labute approximate surface area is 149 Å². The Balaban J connectivity index is 1.67. The van der Waals surface area contributed by atoms with Crippen LogP contribution in [0.4, 0.5) is 25.8 Å². The van der Waals surface area contributed by atoms with E-state index < -0.39 is 11.6 Å². The zero-order valence-electron chi connectivity index (χ0n) is 14.1. The molecule has 4 nitrogen and oxygen atoms in total. The van der Waals surface area contributed by atoms with Crippen molar-refractivity contribution >= 4 is 23.0 Å².